The molecule has 2 aromatic rings. The first kappa shape index (κ1) is 12.6. The van der Waals surface area contributed by atoms with Crippen molar-refractivity contribution in [1.82, 2.24) is 10.1 Å². The molecule has 1 heterocycles. The van der Waals surface area contributed by atoms with Crippen LogP contribution in [0, 0.1) is 0 Å². The van der Waals surface area contributed by atoms with Gasteiger partial charge in [0.2, 0.25) is 5.89 Å². The molecule has 5 heteroatoms. The van der Waals surface area contributed by atoms with Crippen molar-refractivity contribution in [1.29, 1.82) is 0 Å². The van der Waals surface area contributed by atoms with Crippen molar-refractivity contribution in [3.05, 3.63) is 41.5 Å². The summed E-state index contributed by atoms with van der Waals surface area (Å²) in [6, 6.07) is 7.80. The van der Waals surface area contributed by atoms with Crippen molar-refractivity contribution in [2.45, 2.75) is 19.3 Å². The Labute approximate surface area is 106 Å². The van der Waals surface area contributed by atoms with E-state index >= 15 is 0 Å². The van der Waals surface area contributed by atoms with Gasteiger partial charge in [-0.15, -0.1) is 0 Å². The Kier molecular flexibility index (Phi) is 4.30. The second kappa shape index (κ2) is 6.16. The number of nitrogens with two attached hydrogens (primary N) is 1. The van der Waals surface area contributed by atoms with Gasteiger partial charge in [0.15, 0.2) is 5.82 Å². The minimum absolute atomic E-state index is 0.583. The van der Waals surface area contributed by atoms with Gasteiger partial charge in [-0.05, 0) is 19.0 Å². The molecule has 2 N–H and O–H groups in total. The van der Waals surface area contributed by atoms with E-state index in [4.69, 9.17) is 15.0 Å². The predicted octanol–water partition coefficient (Wildman–Crippen LogP) is 1.56. The Morgan fingerprint density at radius 1 is 1.33 bits per heavy atom. The highest BCUT2D eigenvalue weighted by atomic mass is 16.5. The lowest BCUT2D eigenvalue weighted by molar-refractivity contribution is 0.374. The lowest BCUT2D eigenvalue weighted by Crippen LogP contribution is -2.01. The number of para-hydroxylation sites is 1. The zero-order valence-corrected chi connectivity index (χ0v) is 10.4. The quantitative estimate of drug-likeness (QED) is 0.838. The Hall–Kier alpha value is -1.88. The minimum Gasteiger partial charge on any atom is -0.496 e. The lowest BCUT2D eigenvalue weighted by atomic mass is 10.1. The van der Waals surface area contributed by atoms with E-state index in [1.165, 1.54) is 0 Å². The molecule has 18 heavy (non-hydrogen) atoms. The van der Waals surface area contributed by atoms with Crippen molar-refractivity contribution >= 4 is 0 Å². The van der Waals surface area contributed by atoms with Crippen molar-refractivity contribution in [3.63, 3.8) is 0 Å². The molecule has 5 nitrogen and oxygen atoms in total. The molecule has 0 spiro atoms. The first-order valence-electron chi connectivity index (χ1n) is 5.97. The van der Waals surface area contributed by atoms with Crippen LogP contribution in [-0.2, 0) is 12.8 Å². The van der Waals surface area contributed by atoms with Gasteiger partial charge < -0.3 is 15.0 Å². The fourth-order valence-corrected chi connectivity index (χ4v) is 1.74. The van der Waals surface area contributed by atoms with Crippen molar-refractivity contribution < 1.29 is 9.26 Å². The van der Waals surface area contributed by atoms with Crippen molar-refractivity contribution in [2.24, 2.45) is 5.73 Å². The van der Waals surface area contributed by atoms with E-state index in [-0.39, 0.29) is 0 Å². The molecule has 1 aromatic carbocycles. The summed E-state index contributed by atoms with van der Waals surface area (Å²) in [4.78, 5) is 4.33. The zero-order chi connectivity index (χ0) is 12.8. The van der Waals surface area contributed by atoms with Gasteiger partial charge in [0, 0.05) is 12.0 Å². The van der Waals surface area contributed by atoms with Gasteiger partial charge >= 0.3 is 0 Å². The average Bonchev–Trinajstić information content (AvgIpc) is 2.84. The summed E-state index contributed by atoms with van der Waals surface area (Å²) < 4.78 is 10.5. The van der Waals surface area contributed by atoms with Crippen LogP contribution in [0.4, 0.5) is 0 Å². The SMILES string of the molecule is COc1ccccc1Cc1nc(CCCN)no1. The molecule has 0 aliphatic heterocycles. The molecule has 0 amide bonds. The molecule has 0 radical (unpaired) electrons. The van der Waals surface area contributed by atoms with Gasteiger partial charge in [0.25, 0.3) is 0 Å². The number of aryl methyl sites for hydroxylation is 1. The van der Waals surface area contributed by atoms with Crippen LogP contribution in [0.25, 0.3) is 0 Å². The number of aromatic nitrogens is 2. The van der Waals surface area contributed by atoms with Gasteiger partial charge in [-0.1, -0.05) is 23.4 Å². The van der Waals surface area contributed by atoms with E-state index in [0.29, 0.717) is 24.7 Å². The van der Waals surface area contributed by atoms with E-state index in [1.54, 1.807) is 7.11 Å². The van der Waals surface area contributed by atoms with Gasteiger partial charge in [-0.3, -0.25) is 0 Å². The summed E-state index contributed by atoms with van der Waals surface area (Å²) in [5.41, 5.74) is 6.48. The predicted molar refractivity (Wildman–Crippen MR) is 67.5 cm³/mol. The van der Waals surface area contributed by atoms with Crippen LogP contribution < -0.4 is 10.5 Å². The summed E-state index contributed by atoms with van der Waals surface area (Å²) in [5, 5.41) is 3.92. The second-order valence-corrected chi connectivity index (χ2v) is 3.99. The number of nitrogens with zero attached hydrogens (tertiary/aromatic N) is 2. The highest BCUT2D eigenvalue weighted by Crippen LogP contribution is 2.20. The molecule has 0 atom stereocenters. The minimum atomic E-state index is 0.583. The summed E-state index contributed by atoms with van der Waals surface area (Å²) in [7, 11) is 1.65. The van der Waals surface area contributed by atoms with Crippen LogP contribution in [0.5, 0.6) is 5.75 Å². The zero-order valence-electron chi connectivity index (χ0n) is 10.4. The molecule has 2 rings (SSSR count). The van der Waals surface area contributed by atoms with E-state index in [9.17, 15) is 0 Å². The fraction of sp³-hybridized carbons (Fsp3) is 0.385. The van der Waals surface area contributed by atoms with Crippen LogP contribution in [0.2, 0.25) is 0 Å². The standard InChI is InChI=1S/C13H17N3O2/c1-17-11-6-3-2-5-10(11)9-13-15-12(16-18-13)7-4-8-14/h2-3,5-6H,4,7-9,14H2,1H3. The topological polar surface area (TPSA) is 74.2 Å². The van der Waals surface area contributed by atoms with Crippen molar-refractivity contribution in [3.8, 4) is 5.75 Å². The first-order chi connectivity index (χ1) is 8.83. The molecular weight excluding hydrogens is 230 g/mol. The molecule has 0 bridgehead atoms. The number of ether oxygens (including phenoxy) is 1. The Morgan fingerprint density at radius 2 is 2.17 bits per heavy atom. The molecule has 0 saturated heterocycles. The third kappa shape index (κ3) is 3.07. The molecular formula is C13H17N3O2. The van der Waals surface area contributed by atoms with Crippen LogP contribution in [-0.4, -0.2) is 23.8 Å². The Morgan fingerprint density at radius 3 is 2.94 bits per heavy atom. The molecule has 0 unspecified atom stereocenters. The third-order valence-electron chi connectivity index (χ3n) is 2.65. The molecule has 0 saturated carbocycles. The lowest BCUT2D eigenvalue weighted by Gasteiger charge is -2.04. The van der Waals surface area contributed by atoms with Gasteiger partial charge in [0.1, 0.15) is 5.75 Å². The Balaban J connectivity index is 2.06. The van der Waals surface area contributed by atoms with E-state index in [2.05, 4.69) is 10.1 Å². The largest absolute Gasteiger partial charge is 0.496 e. The number of hydrogen-bond acceptors (Lipinski definition) is 5. The molecule has 96 valence electrons. The Bertz CT molecular complexity index is 496. The molecule has 0 fully saturated rings. The monoisotopic (exact) mass is 247 g/mol. The fourth-order valence-electron chi connectivity index (χ4n) is 1.74. The normalized spacial score (nSPS) is 10.6. The van der Waals surface area contributed by atoms with Gasteiger partial charge in [-0.2, -0.15) is 4.98 Å². The third-order valence-corrected chi connectivity index (χ3v) is 2.65. The maximum Gasteiger partial charge on any atom is 0.231 e. The first-order valence-corrected chi connectivity index (χ1v) is 5.97. The van der Waals surface area contributed by atoms with Gasteiger partial charge in [-0.25, -0.2) is 0 Å². The van der Waals surface area contributed by atoms with Crippen LogP contribution in [0.15, 0.2) is 28.8 Å². The molecule has 1 aromatic heterocycles. The highest BCUT2D eigenvalue weighted by Gasteiger charge is 2.09. The maximum absolute atomic E-state index is 5.44. The van der Waals surface area contributed by atoms with Crippen LogP contribution >= 0.6 is 0 Å². The summed E-state index contributed by atoms with van der Waals surface area (Å²) >= 11 is 0. The highest BCUT2D eigenvalue weighted by molar-refractivity contribution is 5.34. The number of hydrogen-bond donors (Lipinski definition) is 1. The van der Waals surface area contributed by atoms with Crippen LogP contribution in [0.3, 0.4) is 0 Å². The molecule has 0 aliphatic rings. The van der Waals surface area contributed by atoms with Gasteiger partial charge in [0.05, 0.1) is 13.5 Å². The average molecular weight is 247 g/mol. The summed E-state index contributed by atoms with van der Waals surface area (Å²) in [6.07, 6.45) is 2.21. The van der Waals surface area contributed by atoms with Crippen molar-refractivity contribution in [2.75, 3.05) is 13.7 Å². The maximum atomic E-state index is 5.44. The summed E-state index contributed by atoms with van der Waals surface area (Å²) in [5.74, 6) is 2.15. The second-order valence-electron chi connectivity index (χ2n) is 3.99. The smallest absolute Gasteiger partial charge is 0.231 e. The number of methoxy groups -OCH3 is 1. The van der Waals surface area contributed by atoms with E-state index < -0.39 is 0 Å². The van der Waals surface area contributed by atoms with E-state index in [0.717, 1.165) is 24.2 Å². The van der Waals surface area contributed by atoms with E-state index in [1.807, 2.05) is 24.3 Å². The number of rotatable bonds is 6. The number of benzene rings is 1. The van der Waals surface area contributed by atoms with Crippen LogP contribution in [0.1, 0.15) is 23.7 Å². The molecule has 0 aliphatic carbocycles. The summed E-state index contributed by atoms with van der Waals surface area (Å²) in [6.45, 7) is 0.635.